The number of nitrogens with zero attached hydrogens (tertiary/aromatic N) is 8. The Hall–Kier alpha value is -10.3. The zero-order valence-corrected chi connectivity index (χ0v) is 51.5. The van der Waals surface area contributed by atoms with E-state index in [2.05, 4.69) is 103 Å². The monoisotopic (exact) mass is 1270 g/mol. The van der Waals surface area contributed by atoms with E-state index in [0.717, 1.165) is 81.5 Å². The highest BCUT2D eigenvalue weighted by Gasteiger charge is 2.25. The van der Waals surface area contributed by atoms with Crippen LogP contribution in [0.4, 0.5) is 22.7 Å². The summed E-state index contributed by atoms with van der Waals surface area (Å²) in [7, 11) is 1.39. The quantitative estimate of drug-likeness (QED) is 0.0530. The molecule has 4 heterocycles. The molecule has 3 unspecified atom stereocenters. The van der Waals surface area contributed by atoms with Crippen molar-refractivity contribution in [2.24, 2.45) is 0 Å². The van der Waals surface area contributed by atoms with Crippen molar-refractivity contribution >= 4 is 50.6 Å². The number of hydrogen-bond donors (Lipinski definition) is 2. The highest BCUT2D eigenvalue weighted by atomic mass is 79.9. The number of rotatable bonds is 16. The van der Waals surface area contributed by atoms with Crippen molar-refractivity contribution in [3.05, 3.63) is 311 Å². The highest BCUT2D eigenvalue weighted by molar-refractivity contribution is 9.10. The van der Waals surface area contributed by atoms with E-state index in [1.807, 2.05) is 231 Å². The molecule has 0 fully saturated rings. The number of nitriles is 2. The van der Waals surface area contributed by atoms with Gasteiger partial charge < -0.3 is 25.6 Å². The molecule has 0 aliphatic heterocycles. The lowest BCUT2D eigenvalue weighted by Crippen LogP contribution is -2.23. The van der Waals surface area contributed by atoms with E-state index in [4.69, 9.17) is 21.0 Å². The summed E-state index contributed by atoms with van der Waals surface area (Å²) < 4.78 is 5.73. The molecule has 0 saturated heterocycles. The smallest absolute Gasteiger partial charge is 0.319 e. The summed E-state index contributed by atoms with van der Waals surface area (Å²) in [5, 5.41) is 20.5. The summed E-state index contributed by atoms with van der Waals surface area (Å²) in [5.41, 5.74) is 15.7. The van der Waals surface area contributed by atoms with Crippen molar-refractivity contribution < 1.29 is 14.3 Å². The van der Waals surface area contributed by atoms with Crippen LogP contribution in [0.1, 0.15) is 107 Å². The predicted octanol–water partition coefficient (Wildman–Crippen LogP) is 17.4. The van der Waals surface area contributed by atoms with Crippen LogP contribution in [-0.4, -0.2) is 65.1 Å². The molecule has 4 aromatic heterocycles. The van der Waals surface area contributed by atoms with Crippen molar-refractivity contribution in [2.45, 2.75) is 74.1 Å². The molecule has 90 heavy (non-hydrogen) atoms. The van der Waals surface area contributed by atoms with Crippen LogP contribution >= 0.6 is 15.9 Å². The molecule has 0 spiro atoms. The van der Waals surface area contributed by atoms with E-state index < -0.39 is 11.8 Å². The van der Waals surface area contributed by atoms with Gasteiger partial charge in [0.15, 0.2) is 0 Å². The van der Waals surface area contributed by atoms with Gasteiger partial charge in [-0.05, 0) is 163 Å². The second kappa shape index (κ2) is 44.2. The van der Waals surface area contributed by atoms with E-state index in [1.165, 1.54) is 12.8 Å². The SMILES string of the molecule is Brc1ccccn1.C.C.C.CCN(CC)c1ccc(N)cc1.CCN(CC)c1ccc(NC(=O)C(c2ccccc2)c2ccccn2)cc1.COC(=O)C(c1ccccc1)c1ccccn1.N#CC(c1ccccc1)c1ccccn1.N#CCc1ccccc1. The largest absolute Gasteiger partial charge is 0.468 e. The number of anilines is 4. The van der Waals surface area contributed by atoms with Crippen LogP contribution in [-0.2, 0) is 20.7 Å². The number of amides is 1. The van der Waals surface area contributed by atoms with Crippen molar-refractivity contribution in [3.63, 3.8) is 0 Å². The number of methoxy groups -OCH3 is 1. The second-order valence-electron chi connectivity index (χ2n) is 18.9. The minimum Gasteiger partial charge on any atom is -0.468 e. The fourth-order valence-electron chi connectivity index (χ4n) is 8.75. The number of esters is 1. The summed E-state index contributed by atoms with van der Waals surface area (Å²) in [6.45, 7) is 12.6. The van der Waals surface area contributed by atoms with Gasteiger partial charge in [-0.1, -0.05) is 168 Å². The Balaban J connectivity index is 0.000000385. The van der Waals surface area contributed by atoms with Gasteiger partial charge in [0, 0.05) is 73.7 Å². The van der Waals surface area contributed by atoms with Crippen LogP contribution in [0.25, 0.3) is 0 Å². The summed E-state index contributed by atoms with van der Waals surface area (Å²) in [4.78, 5) is 46.2. The fourth-order valence-corrected chi connectivity index (χ4v) is 9.02. The molecule has 0 radical (unpaired) electrons. The Morgan fingerprint density at radius 3 is 1.23 bits per heavy atom. The first-order valence-electron chi connectivity index (χ1n) is 28.7. The molecule has 1 amide bonds. The number of benzene rings is 6. The number of hydrogen-bond acceptors (Lipinski definition) is 12. The first kappa shape index (κ1) is 75.8. The first-order valence-corrected chi connectivity index (χ1v) is 29.5. The van der Waals surface area contributed by atoms with Crippen molar-refractivity contribution in [1.29, 1.82) is 10.5 Å². The average Bonchev–Trinajstić information content (AvgIpc) is 2.87. The Morgan fingerprint density at radius 1 is 0.489 bits per heavy atom. The maximum Gasteiger partial charge on any atom is 0.319 e. The summed E-state index contributed by atoms with van der Waals surface area (Å²) >= 11 is 3.20. The molecule has 466 valence electrons. The summed E-state index contributed by atoms with van der Waals surface area (Å²) in [6, 6.07) is 81.5. The van der Waals surface area contributed by atoms with E-state index in [1.54, 1.807) is 24.8 Å². The van der Waals surface area contributed by atoms with E-state index in [-0.39, 0.29) is 40.1 Å². The minimum atomic E-state index is -0.456. The average molecular weight is 1270 g/mol. The number of carbonyl (C=O) groups excluding carboxylic acids is 2. The maximum absolute atomic E-state index is 13.1. The van der Waals surface area contributed by atoms with Crippen LogP contribution in [0.5, 0.6) is 0 Å². The van der Waals surface area contributed by atoms with Gasteiger partial charge in [-0.15, -0.1) is 0 Å². The van der Waals surface area contributed by atoms with Crippen LogP contribution < -0.4 is 20.9 Å². The Morgan fingerprint density at radius 2 is 0.867 bits per heavy atom. The van der Waals surface area contributed by atoms with E-state index in [0.29, 0.717) is 12.1 Å². The Kier molecular flexibility index (Phi) is 37.2. The van der Waals surface area contributed by atoms with Gasteiger partial charge in [-0.25, -0.2) is 4.98 Å². The number of nitrogen functional groups attached to an aromatic ring is 1. The third kappa shape index (κ3) is 26.0. The number of pyridine rings is 4. The summed E-state index contributed by atoms with van der Waals surface area (Å²) in [6.07, 6.45) is 7.36. The molecule has 10 rings (SSSR count). The van der Waals surface area contributed by atoms with Crippen molar-refractivity contribution in [3.8, 4) is 12.1 Å². The fraction of sp³-hybridized carbons (Fsp3) is 0.211. The number of ether oxygens (including phenoxy) is 1. The van der Waals surface area contributed by atoms with Gasteiger partial charge in [0.05, 0.1) is 42.8 Å². The van der Waals surface area contributed by atoms with Crippen molar-refractivity contribution in [1.82, 2.24) is 19.9 Å². The van der Waals surface area contributed by atoms with Gasteiger partial charge in [0.25, 0.3) is 0 Å². The molecule has 0 saturated carbocycles. The maximum atomic E-state index is 13.1. The van der Waals surface area contributed by atoms with Crippen LogP contribution in [0, 0.1) is 22.7 Å². The van der Waals surface area contributed by atoms with Gasteiger partial charge in [0.1, 0.15) is 22.4 Å². The molecule has 0 aliphatic rings. The third-order valence-electron chi connectivity index (χ3n) is 13.2. The lowest BCUT2D eigenvalue weighted by atomic mass is 9.94. The Labute approximate surface area is 544 Å². The molecule has 3 atom stereocenters. The van der Waals surface area contributed by atoms with Crippen LogP contribution in [0.15, 0.2) is 272 Å². The molecule has 0 bridgehead atoms. The zero-order chi connectivity index (χ0) is 62.3. The second-order valence-corrected chi connectivity index (χ2v) is 19.7. The number of aromatic nitrogens is 4. The molecule has 3 N–H and O–H groups in total. The third-order valence-corrected chi connectivity index (χ3v) is 13.7. The zero-order valence-electron chi connectivity index (χ0n) is 49.9. The molecule has 14 heteroatoms. The lowest BCUT2D eigenvalue weighted by molar-refractivity contribution is -0.141. The summed E-state index contributed by atoms with van der Waals surface area (Å²) in [5.74, 6) is -1.56. The van der Waals surface area contributed by atoms with Gasteiger partial charge >= 0.3 is 5.97 Å². The minimum absolute atomic E-state index is 0. The molecule has 0 aliphatic carbocycles. The molecule has 13 nitrogen and oxygen atoms in total. The predicted molar refractivity (Wildman–Crippen MR) is 376 cm³/mol. The van der Waals surface area contributed by atoms with Crippen LogP contribution in [0.3, 0.4) is 0 Å². The lowest BCUT2D eigenvalue weighted by Gasteiger charge is -2.21. The Bertz CT molecular complexity index is 3410. The number of halogens is 1. The molecule has 6 aromatic carbocycles. The standard InChI is InChI=1S/C23H25N3O.C14H13NO2.C13H10N2.C10H16N2.C8H7N.C5H4BrN.3CH4/c1-3-26(4-2)20-15-13-19(14-16-20)25-23(27)22(18-10-6-5-7-11-18)21-12-8-9-17-24-21;1-17-14(16)13(11-7-3-2-4-8-11)12-9-5-6-10-15-12;14-10-12(11-6-2-1-3-7-11)13-8-4-5-9-15-13;1-3-12(4-2)10-7-5-9(11)6-8-10;9-7-6-8-4-2-1-3-5-8;6-5-3-1-2-4-7-5;;;/h5-17,22H,3-4H2,1-2H3,(H,25,27);2-10,13H,1H3;1-9,12H;5-8H,3-4,11H2,1-2H3;1-5H,6H2;1-4H;3*1H4. The van der Waals surface area contributed by atoms with Gasteiger partial charge in [-0.2, -0.15) is 10.5 Å². The molecular formula is C76H87BrN10O3. The van der Waals surface area contributed by atoms with E-state index in [9.17, 15) is 9.59 Å². The highest BCUT2D eigenvalue weighted by Crippen LogP contribution is 2.27. The molecular weight excluding hydrogens is 1180 g/mol. The first-order chi connectivity index (χ1) is 42.6. The van der Waals surface area contributed by atoms with Crippen LogP contribution in [0.2, 0.25) is 0 Å². The van der Waals surface area contributed by atoms with Gasteiger partial charge in [0.2, 0.25) is 5.91 Å². The number of carbonyl (C=O) groups is 2. The normalized spacial score (nSPS) is 10.5. The topological polar surface area (TPSA) is 187 Å². The van der Waals surface area contributed by atoms with Crippen molar-refractivity contribution in [2.75, 3.05) is 54.1 Å². The van der Waals surface area contributed by atoms with Gasteiger partial charge in [-0.3, -0.25) is 24.5 Å². The molecule has 10 aromatic rings. The van der Waals surface area contributed by atoms with E-state index >= 15 is 0 Å². The number of nitrogens with one attached hydrogen (secondary N) is 1. The number of nitrogens with two attached hydrogens (primary N) is 1.